The minimum absolute atomic E-state index is 0.0908. The quantitative estimate of drug-likeness (QED) is 0.881. The highest BCUT2D eigenvalue weighted by Crippen LogP contribution is 2.16. The van der Waals surface area contributed by atoms with Crippen molar-refractivity contribution >= 4 is 16.7 Å². The molecular weight excluding hydrogens is 235 g/mol. The number of carbonyl (C=O) groups excluding carboxylic acids is 1. The Morgan fingerprint density at radius 3 is 2.56 bits per heavy atom. The molecule has 2 rings (SSSR count). The second-order valence-corrected chi connectivity index (χ2v) is 4.39. The predicted octanol–water partition coefficient (Wildman–Crippen LogP) is 1.82. The first kappa shape index (κ1) is 12.3. The van der Waals surface area contributed by atoms with Gasteiger partial charge in [0.2, 0.25) is 0 Å². The van der Waals surface area contributed by atoms with Crippen LogP contribution in [0.15, 0.2) is 29.1 Å². The van der Waals surface area contributed by atoms with Crippen molar-refractivity contribution in [1.29, 1.82) is 0 Å². The minimum atomic E-state index is -0.702. The Hall–Kier alpha value is -2.17. The van der Waals surface area contributed by atoms with Gasteiger partial charge in [0.25, 0.3) is 11.5 Å². The van der Waals surface area contributed by atoms with Crippen LogP contribution in [0.1, 0.15) is 30.4 Å². The average Bonchev–Trinajstić information content (AvgIpc) is 2.27. The Kier molecular flexibility index (Phi) is 2.90. The molecule has 1 aromatic heterocycles. The van der Waals surface area contributed by atoms with E-state index in [0.29, 0.717) is 10.8 Å². The summed E-state index contributed by atoms with van der Waals surface area (Å²) in [6.45, 7) is 3.56. The molecule has 94 valence electrons. The van der Waals surface area contributed by atoms with Crippen molar-refractivity contribution in [3.05, 3.63) is 46.1 Å². The van der Waals surface area contributed by atoms with Crippen LogP contribution in [0.2, 0.25) is 0 Å². The average molecular weight is 248 g/mol. The summed E-state index contributed by atoms with van der Waals surface area (Å²) in [5, 5.41) is 0.751. The van der Waals surface area contributed by atoms with Gasteiger partial charge in [-0.05, 0) is 43.5 Å². The van der Waals surface area contributed by atoms with Crippen molar-refractivity contribution in [1.82, 2.24) is 4.57 Å². The molecule has 0 atom stereocenters. The van der Waals surface area contributed by atoms with Crippen molar-refractivity contribution in [3.8, 4) is 0 Å². The van der Waals surface area contributed by atoms with Crippen molar-refractivity contribution < 1.29 is 9.18 Å². The maximum atomic E-state index is 13.1. The zero-order valence-electron chi connectivity index (χ0n) is 10.1. The molecule has 0 spiro atoms. The second-order valence-electron chi connectivity index (χ2n) is 4.39. The molecule has 5 heteroatoms. The van der Waals surface area contributed by atoms with E-state index in [1.165, 1.54) is 28.8 Å². The van der Waals surface area contributed by atoms with Gasteiger partial charge in [0.05, 0.1) is 0 Å². The lowest BCUT2D eigenvalue weighted by Gasteiger charge is -2.15. The smallest absolute Gasteiger partial charge is 0.265 e. The predicted molar refractivity (Wildman–Crippen MR) is 67.1 cm³/mol. The number of pyridine rings is 1. The highest BCUT2D eigenvalue weighted by atomic mass is 19.1. The zero-order valence-corrected chi connectivity index (χ0v) is 10.1. The van der Waals surface area contributed by atoms with Crippen molar-refractivity contribution in [2.75, 3.05) is 0 Å². The molecule has 0 aliphatic carbocycles. The maximum absolute atomic E-state index is 13.1. The molecule has 1 aromatic carbocycles. The molecule has 1 heterocycles. The largest absolute Gasteiger partial charge is 0.364 e. The molecule has 0 unspecified atom stereocenters. The first-order valence-corrected chi connectivity index (χ1v) is 5.56. The molecule has 0 bridgehead atoms. The number of amides is 1. The summed E-state index contributed by atoms with van der Waals surface area (Å²) in [4.78, 5) is 23.6. The van der Waals surface area contributed by atoms with E-state index in [0.717, 1.165) is 0 Å². The van der Waals surface area contributed by atoms with Gasteiger partial charge in [-0.15, -0.1) is 0 Å². The zero-order chi connectivity index (χ0) is 13.4. The first-order chi connectivity index (χ1) is 8.41. The van der Waals surface area contributed by atoms with Crippen LogP contribution in [-0.4, -0.2) is 10.5 Å². The van der Waals surface area contributed by atoms with Crippen molar-refractivity contribution in [2.24, 2.45) is 5.73 Å². The summed E-state index contributed by atoms with van der Waals surface area (Å²) in [5.74, 6) is -1.16. The summed E-state index contributed by atoms with van der Waals surface area (Å²) in [7, 11) is 0. The Balaban J connectivity index is 2.94. The van der Waals surface area contributed by atoms with E-state index in [4.69, 9.17) is 5.73 Å². The van der Waals surface area contributed by atoms with E-state index >= 15 is 0 Å². The fraction of sp³-hybridized carbons (Fsp3) is 0.231. The Morgan fingerprint density at radius 1 is 1.33 bits per heavy atom. The summed E-state index contributed by atoms with van der Waals surface area (Å²) >= 11 is 0. The number of hydrogen-bond donors (Lipinski definition) is 1. The summed E-state index contributed by atoms with van der Waals surface area (Å²) < 4.78 is 14.5. The third-order valence-corrected chi connectivity index (χ3v) is 2.78. The number of fused-ring (bicyclic) bond motifs is 1. The SMILES string of the molecule is CC(C)n1c(C(N)=O)cc2cc(F)ccc2c1=O. The molecule has 1 amide bonds. The van der Waals surface area contributed by atoms with Gasteiger partial charge in [0.1, 0.15) is 11.5 Å². The summed E-state index contributed by atoms with van der Waals surface area (Å²) in [6.07, 6.45) is 0. The molecule has 2 N–H and O–H groups in total. The fourth-order valence-electron chi connectivity index (χ4n) is 2.01. The van der Waals surface area contributed by atoms with Gasteiger partial charge >= 0.3 is 0 Å². The third-order valence-electron chi connectivity index (χ3n) is 2.78. The summed E-state index contributed by atoms with van der Waals surface area (Å²) in [6, 6.07) is 5.10. The lowest BCUT2D eigenvalue weighted by molar-refractivity contribution is 0.0989. The first-order valence-electron chi connectivity index (χ1n) is 5.56. The highest BCUT2D eigenvalue weighted by molar-refractivity contribution is 5.95. The molecule has 0 saturated heterocycles. The number of carbonyl (C=O) groups is 1. The molecule has 18 heavy (non-hydrogen) atoms. The van der Waals surface area contributed by atoms with Crippen LogP contribution in [0.5, 0.6) is 0 Å². The molecule has 2 aromatic rings. The highest BCUT2D eigenvalue weighted by Gasteiger charge is 2.15. The minimum Gasteiger partial charge on any atom is -0.364 e. The van der Waals surface area contributed by atoms with Gasteiger partial charge in [-0.3, -0.25) is 9.59 Å². The number of nitrogens with zero attached hydrogens (tertiary/aromatic N) is 1. The number of benzene rings is 1. The van der Waals surface area contributed by atoms with E-state index in [-0.39, 0.29) is 17.3 Å². The topological polar surface area (TPSA) is 65.1 Å². The van der Waals surface area contributed by atoms with E-state index in [1.54, 1.807) is 13.8 Å². The second kappa shape index (κ2) is 4.25. The molecule has 0 radical (unpaired) electrons. The number of nitrogens with two attached hydrogens (primary N) is 1. The van der Waals surface area contributed by atoms with E-state index in [2.05, 4.69) is 0 Å². The van der Waals surface area contributed by atoms with Gasteiger partial charge in [-0.1, -0.05) is 0 Å². The van der Waals surface area contributed by atoms with Gasteiger partial charge in [-0.25, -0.2) is 4.39 Å². The van der Waals surface area contributed by atoms with Crippen molar-refractivity contribution in [2.45, 2.75) is 19.9 Å². The molecule has 0 saturated carbocycles. The maximum Gasteiger partial charge on any atom is 0.265 e. The number of primary amides is 1. The molecule has 4 nitrogen and oxygen atoms in total. The number of rotatable bonds is 2. The number of halogens is 1. The van der Waals surface area contributed by atoms with Crippen LogP contribution in [0.3, 0.4) is 0 Å². The lowest BCUT2D eigenvalue weighted by atomic mass is 10.1. The fourth-order valence-corrected chi connectivity index (χ4v) is 2.01. The Labute approximate surface area is 103 Å². The lowest BCUT2D eigenvalue weighted by Crippen LogP contribution is -2.30. The molecule has 0 fully saturated rings. The van der Waals surface area contributed by atoms with Crippen LogP contribution in [0, 0.1) is 5.82 Å². The molecule has 0 aliphatic heterocycles. The summed E-state index contributed by atoms with van der Waals surface area (Å²) in [5.41, 5.74) is 5.01. The van der Waals surface area contributed by atoms with Gasteiger partial charge < -0.3 is 10.3 Å². The van der Waals surface area contributed by atoms with Crippen LogP contribution < -0.4 is 11.3 Å². The van der Waals surface area contributed by atoms with Gasteiger partial charge in [-0.2, -0.15) is 0 Å². The third kappa shape index (κ3) is 1.88. The van der Waals surface area contributed by atoms with Crippen LogP contribution in [0.4, 0.5) is 4.39 Å². The Morgan fingerprint density at radius 2 is 2.00 bits per heavy atom. The number of hydrogen-bond acceptors (Lipinski definition) is 2. The van der Waals surface area contributed by atoms with E-state index < -0.39 is 11.7 Å². The normalized spacial score (nSPS) is 11.1. The van der Waals surface area contributed by atoms with Crippen LogP contribution in [-0.2, 0) is 0 Å². The van der Waals surface area contributed by atoms with Gasteiger partial charge in [0, 0.05) is 11.4 Å². The monoisotopic (exact) mass is 248 g/mol. The van der Waals surface area contributed by atoms with Crippen LogP contribution >= 0.6 is 0 Å². The van der Waals surface area contributed by atoms with Gasteiger partial charge in [0.15, 0.2) is 0 Å². The Bertz CT molecular complexity index is 689. The standard InChI is InChI=1S/C13H13FN2O2/c1-7(2)16-11(12(15)17)6-8-5-9(14)3-4-10(8)13(16)18/h3-7H,1-2H3,(H2,15,17). The molecule has 0 aliphatic rings. The van der Waals surface area contributed by atoms with E-state index in [1.807, 2.05) is 0 Å². The molecular formula is C13H13FN2O2. The van der Waals surface area contributed by atoms with E-state index in [9.17, 15) is 14.0 Å². The van der Waals surface area contributed by atoms with Crippen molar-refractivity contribution in [3.63, 3.8) is 0 Å². The van der Waals surface area contributed by atoms with Crippen LogP contribution in [0.25, 0.3) is 10.8 Å². The number of aromatic nitrogens is 1.